The molecule has 1 aromatic carbocycles. The van der Waals surface area contributed by atoms with Gasteiger partial charge in [0.25, 0.3) is 0 Å². The highest BCUT2D eigenvalue weighted by molar-refractivity contribution is 7.89. The van der Waals surface area contributed by atoms with Crippen LogP contribution in [-0.2, 0) is 10.0 Å². The lowest BCUT2D eigenvalue weighted by Gasteiger charge is -2.40. The Hall–Kier alpha value is -1.11. The minimum Gasteiger partial charge on any atom is -0.370 e. The molecular weight excluding hydrogens is 286 g/mol. The minimum atomic E-state index is -3.43. The third kappa shape index (κ3) is 3.56. The topological polar surface area (TPSA) is 61.4 Å². The number of para-hydroxylation sites is 1. The number of piperidine rings is 1. The number of hydrogen-bond donors (Lipinski definition) is 2. The van der Waals surface area contributed by atoms with Gasteiger partial charge in [0.15, 0.2) is 0 Å². The van der Waals surface area contributed by atoms with E-state index in [4.69, 9.17) is 0 Å². The number of rotatable bonds is 5. The lowest BCUT2D eigenvalue weighted by molar-refractivity contribution is 0.304. The summed E-state index contributed by atoms with van der Waals surface area (Å²) >= 11 is 0. The summed E-state index contributed by atoms with van der Waals surface area (Å²) in [5.74, 6) is 0. The maximum Gasteiger partial charge on any atom is 0.242 e. The van der Waals surface area contributed by atoms with Gasteiger partial charge in [-0.1, -0.05) is 19.1 Å². The van der Waals surface area contributed by atoms with Crippen molar-refractivity contribution in [3.05, 3.63) is 24.3 Å². The molecule has 6 heteroatoms. The van der Waals surface area contributed by atoms with Gasteiger partial charge in [-0.05, 0) is 38.9 Å². The quantitative estimate of drug-likeness (QED) is 0.866. The summed E-state index contributed by atoms with van der Waals surface area (Å²) in [7, 11) is -1.45. The molecule has 118 valence electrons. The summed E-state index contributed by atoms with van der Waals surface area (Å²) in [4.78, 5) is 2.54. The summed E-state index contributed by atoms with van der Waals surface area (Å²) in [5, 5.41) is 3.36. The standard InChI is InChI=1S/C15H25N3O2S/c1-4-17-21(19,20)14-8-6-5-7-13(14)18-11-9-15(2,16-3)10-12-18/h5-8,16-17H,4,9-12H2,1-3H3. The van der Waals surface area contributed by atoms with Crippen molar-refractivity contribution in [1.29, 1.82) is 0 Å². The van der Waals surface area contributed by atoms with Crippen LogP contribution in [-0.4, -0.2) is 40.6 Å². The second kappa shape index (κ2) is 6.34. The maximum atomic E-state index is 12.3. The minimum absolute atomic E-state index is 0.145. The van der Waals surface area contributed by atoms with Gasteiger partial charge < -0.3 is 10.2 Å². The van der Waals surface area contributed by atoms with Crippen LogP contribution in [0.15, 0.2) is 29.2 Å². The predicted molar refractivity (Wildman–Crippen MR) is 86.2 cm³/mol. The Balaban J connectivity index is 2.26. The Labute approximate surface area is 127 Å². The third-order valence-corrected chi connectivity index (χ3v) is 5.89. The smallest absolute Gasteiger partial charge is 0.242 e. The molecule has 0 atom stereocenters. The fraction of sp³-hybridized carbons (Fsp3) is 0.600. The van der Waals surface area contributed by atoms with Crippen LogP contribution >= 0.6 is 0 Å². The SMILES string of the molecule is CCNS(=O)(=O)c1ccccc1N1CCC(C)(NC)CC1. The maximum absolute atomic E-state index is 12.3. The molecule has 0 unspecified atom stereocenters. The first-order valence-electron chi connectivity index (χ1n) is 7.44. The highest BCUT2D eigenvalue weighted by Gasteiger charge is 2.30. The lowest BCUT2D eigenvalue weighted by Crippen LogP contribution is -2.50. The largest absolute Gasteiger partial charge is 0.370 e. The second-order valence-electron chi connectivity index (χ2n) is 5.77. The summed E-state index contributed by atoms with van der Waals surface area (Å²) in [5.41, 5.74) is 0.947. The van der Waals surface area contributed by atoms with Crippen molar-refractivity contribution in [1.82, 2.24) is 10.0 Å². The van der Waals surface area contributed by atoms with Gasteiger partial charge in [-0.2, -0.15) is 0 Å². The number of benzene rings is 1. The van der Waals surface area contributed by atoms with Crippen LogP contribution in [0.4, 0.5) is 5.69 Å². The van der Waals surface area contributed by atoms with E-state index in [1.807, 2.05) is 19.2 Å². The van der Waals surface area contributed by atoms with Crippen LogP contribution in [0.3, 0.4) is 0 Å². The number of nitrogens with zero attached hydrogens (tertiary/aromatic N) is 1. The van der Waals surface area contributed by atoms with E-state index in [0.717, 1.165) is 31.6 Å². The predicted octanol–water partition coefficient (Wildman–Crippen LogP) is 1.56. The first-order valence-corrected chi connectivity index (χ1v) is 8.93. The molecule has 1 fully saturated rings. The third-order valence-electron chi connectivity index (χ3n) is 4.30. The first kappa shape index (κ1) is 16.3. The van der Waals surface area contributed by atoms with E-state index < -0.39 is 10.0 Å². The average molecular weight is 311 g/mol. The number of nitrogens with one attached hydrogen (secondary N) is 2. The number of sulfonamides is 1. The zero-order chi connectivity index (χ0) is 15.5. The molecule has 1 aliphatic rings. The van der Waals surface area contributed by atoms with Gasteiger partial charge >= 0.3 is 0 Å². The summed E-state index contributed by atoms with van der Waals surface area (Å²) < 4.78 is 27.2. The second-order valence-corrected chi connectivity index (χ2v) is 7.50. The molecule has 2 rings (SSSR count). The van der Waals surface area contributed by atoms with E-state index in [9.17, 15) is 8.42 Å². The Morgan fingerprint density at radius 2 is 1.86 bits per heavy atom. The monoisotopic (exact) mass is 311 g/mol. The van der Waals surface area contributed by atoms with Gasteiger partial charge in [0.1, 0.15) is 4.90 Å². The van der Waals surface area contributed by atoms with Crippen molar-refractivity contribution in [2.24, 2.45) is 0 Å². The van der Waals surface area contributed by atoms with Crippen molar-refractivity contribution in [3.63, 3.8) is 0 Å². The van der Waals surface area contributed by atoms with Crippen LogP contribution in [0, 0.1) is 0 Å². The van der Waals surface area contributed by atoms with Crippen molar-refractivity contribution in [3.8, 4) is 0 Å². The molecule has 1 heterocycles. The molecule has 0 spiro atoms. The van der Waals surface area contributed by atoms with E-state index in [-0.39, 0.29) is 5.54 Å². The average Bonchev–Trinajstić information content (AvgIpc) is 2.48. The van der Waals surface area contributed by atoms with E-state index in [0.29, 0.717) is 11.4 Å². The molecule has 0 bridgehead atoms. The van der Waals surface area contributed by atoms with Crippen LogP contribution in [0.5, 0.6) is 0 Å². The zero-order valence-corrected chi connectivity index (χ0v) is 13.8. The molecule has 1 aliphatic heterocycles. The molecule has 1 aromatic rings. The van der Waals surface area contributed by atoms with Crippen molar-refractivity contribution in [2.45, 2.75) is 37.1 Å². The Morgan fingerprint density at radius 1 is 1.24 bits per heavy atom. The van der Waals surface area contributed by atoms with Gasteiger partial charge in [0.05, 0.1) is 5.69 Å². The molecule has 5 nitrogen and oxygen atoms in total. The summed E-state index contributed by atoms with van der Waals surface area (Å²) in [6.07, 6.45) is 2.00. The molecule has 0 saturated carbocycles. The van der Waals surface area contributed by atoms with Gasteiger partial charge in [0, 0.05) is 25.2 Å². The highest BCUT2D eigenvalue weighted by atomic mass is 32.2. The van der Waals surface area contributed by atoms with E-state index in [1.54, 1.807) is 19.1 Å². The fourth-order valence-electron chi connectivity index (χ4n) is 2.70. The van der Waals surface area contributed by atoms with Crippen LogP contribution in [0.1, 0.15) is 26.7 Å². The van der Waals surface area contributed by atoms with Gasteiger partial charge in [-0.25, -0.2) is 13.1 Å². The molecule has 0 aromatic heterocycles. The molecule has 0 radical (unpaired) electrons. The van der Waals surface area contributed by atoms with Crippen molar-refractivity contribution in [2.75, 3.05) is 31.6 Å². The Bertz CT molecular complexity index is 578. The fourth-order valence-corrected chi connectivity index (χ4v) is 3.97. The van der Waals surface area contributed by atoms with E-state index in [2.05, 4.69) is 21.9 Å². The first-order chi connectivity index (χ1) is 9.92. The van der Waals surface area contributed by atoms with Crippen LogP contribution in [0.2, 0.25) is 0 Å². The summed E-state index contributed by atoms with van der Waals surface area (Å²) in [6, 6.07) is 7.24. The zero-order valence-electron chi connectivity index (χ0n) is 13.0. The Kier molecular flexibility index (Phi) is 4.91. The molecule has 0 amide bonds. The van der Waals surface area contributed by atoms with Crippen LogP contribution < -0.4 is 14.9 Å². The molecule has 21 heavy (non-hydrogen) atoms. The molecule has 0 aliphatic carbocycles. The highest BCUT2D eigenvalue weighted by Crippen LogP contribution is 2.30. The normalized spacial score (nSPS) is 18.7. The van der Waals surface area contributed by atoms with E-state index in [1.165, 1.54) is 0 Å². The van der Waals surface area contributed by atoms with E-state index >= 15 is 0 Å². The van der Waals surface area contributed by atoms with Crippen molar-refractivity contribution < 1.29 is 8.42 Å². The van der Waals surface area contributed by atoms with Gasteiger partial charge in [0.2, 0.25) is 10.0 Å². The van der Waals surface area contributed by atoms with Crippen molar-refractivity contribution >= 4 is 15.7 Å². The number of hydrogen-bond acceptors (Lipinski definition) is 4. The molecule has 1 saturated heterocycles. The van der Waals surface area contributed by atoms with Crippen LogP contribution in [0.25, 0.3) is 0 Å². The summed E-state index contributed by atoms with van der Waals surface area (Å²) in [6.45, 7) is 6.12. The Morgan fingerprint density at radius 3 is 2.43 bits per heavy atom. The van der Waals surface area contributed by atoms with Gasteiger partial charge in [-0.3, -0.25) is 0 Å². The lowest BCUT2D eigenvalue weighted by atomic mass is 9.89. The van der Waals surface area contributed by atoms with Gasteiger partial charge in [-0.15, -0.1) is 0 Å². The number of anilines is 1. The molecule has 2 N–H and O–H groups in total. The molecular formula is C15H25N3O2S.